The Morgan fingerprint density at radius 2 is 2.24 bits per heavy atom. The molecule has 0 unspecified atom stereocenters. The third kappa shape index (κ3) is 4.81. The van der Waals surface area contributed by atoms with Gasteiger partial charge in [-0.2, -0.15) is 0 Å². The Morgan fingerprint density at radius 1 is 1.48 bits per heavy atom. The van der Waals surface area contributed by atoms with E-state index in [1.807, 2.05) is 26.8 Å². The van der Waals surface area contributed by atoms with Crippen LogP contribution in [0, 0.1) is 5.92 Å². The fourth-order valence-corrected chi connectivity index (χ4v) is 3.52. The second-order valence-electron chi connectivity index (χ2n) is 6.26. The van der Waals surface area contributed by atoms with Crippen LogP contribution in [0.2, 0.25) is 0 Å². The Labute approximate surface area is 128 Å². The fraction of sp³-hybridized carbons (Fsp3) is 0.600. The van der Waals surface area contributed by atoms with E-state index in [1.165, 1.54) is 0 Å². The van der Waals surface area contributed by atoms with Crippen LogP contribution in [0.25, 0.3) is 0 Å². The summed E-state index contributed by atoms with van der Waals surface area (Å²) in [5.74, 6) is 0.774. The second kappa shape index (κ2) is 6.56. The summed E-state index contributed by atoms with van der Waals surface area (Å²) in [4.78, 5) is 17.8. The van der Waals surface area contributed by atoms with Crippen LogP contribution >= 0.6 is 0 Å². The molecule has 0 aromatic carbocycles. The van der Waals surface area contributed by atoms with E-state index in [0.717, 1.165) is 6.42 Å². The van der Waals surface area contributed by atoms with Crippen LogP contribution in [-0.4, -0.2) is 44.6 Å². The Morgan fingerprint density at radius 3 is 2.86 bits per heavy atom. The van der Waals surface area contributed by atoms with Gasteiger partial charge in [0.05, 0.1) is 10.8 Å². The van der Waals surface area contributed by atoms with Crippen molar-refractivity contribution in [3.8, 4) is 0 Å². The zero-order chi connectivity index (χ0) is 15.5. The monoisotopic (exact) mass is 310 g/mol. The summed E-state index contributed by atoms with van der Waals surface area (Å²) in [6, 6.07) is 5.42. The highest BCUT2D eigenvalue weighted by molar-refractivity contribution is 7.84. The Hall–Kier alpha value is -1.43. The van der Waals surface area contributed by atoms with Gasteiger partial charge in [-0.15, -0.1) is 0 Å². The van der Waals surface area contributed by atoms with Gasteiger partial charge in [-0.05, 0) is 45.2 Å². The molecule has 2 heterocycles. The third-order valence-electron chi connectivity index (χ3n) is 3.20. The molecule has 0 aliphatic carbocycles. The lowest BCUT2D eigenvalue weighted by atomic mass is 10.2. The molecule has 1 aromatic rings. The van der Waals surface area contributed by atoms with Gasteiger partial charge >= 0.3 is 6.09 Å². The molecule has 1 amide bonds. The number of carbonyl (C=O) groups is 1. The maximum Gasteiger partial charge on any atom is 0.410 e. The van der Waals surface area contributed by atoms with Crippen molar-refractivity contribution in [1.82, 2.24) is 9.88 Å². The molecule has 116 valence electrons. The molecule has 1 aromatic heterocycles. The first-order valence-corrected chi connectivity index (χ1v) is 8.44. The zero-order valence-electron chi connectivity index (χ0n) is 12.7. The molecule has 2 atom stereocenters. The van der Waals surface area contributed by atoms with Crippen LogP contribution in [0.4, 0.5) is 4.79 Å². The first kappa shape index (κ1) is 15.9. The van der Waals surface area contributed by atoms with Crippen LogP contribution in [-0.2, 0) is 15.5 Å². The van der Waals surface area contributed by atoms with Gasteiger partial charge in [0.25, 0.3) is 0 Å². The highest BCUT2D eigenvalue weighted by atomic mass is 32.2. The molecular weight excluding hydrogens is 288 g/mol. The van der Waals surface area contributed by atoms with Crippen molar-refractivity contribution < 1.29 is 13.7 Å². The van der Waals surface area contributed by atoms with Crippen molar-refractivity contribution in [3.63, 3.8) is 0 Å². The van der Waals surface area contributed by atoms with Gasteiger partial charge in [-0.3, -0.25) is 4.21 Å². The predicted octanol–water partition coefficient (Wildman–Crippen LogP) is 2.45. The number of hydrogen-bond donors (Lipinski definition) is 0. The highest BCUT2D eigenvalue weighted by Crippen LogP contribution is 2.21. The first-order chi connectivity index (χ1) is 9.85. The minimum Gasteiger partial charge on any atom is -0.444 e. The summed E-state index contributed by atoms with van der Waals surface area (Å²) in [7, 11) is -1.11. The number of aromatic nitrogens is 1. The van der Waals surface area contributed by atoms with E-state index in [2.05, 4.69) is 4.98 Å². The lowest BCUT2D eigenvalue weighted by molar-refractivity contribution is 0.0289. The predicted molar refractivity (Wildman–Crippen MR) is 81.4 cm³/mol. The summed E-state index contributed by atoms with van der Waals surface area (Å²) in [6.07, 6.45) is 2.22. The van der Waals surface area contributed by atoms with Gasteiger partial charge in [0.2, 0.25) is 0 Å². The van der Waals surface area contributed by atoms with Crippen LogP contribution in [0.1, 0.15) is 27.2 Å². The van der Waals surface area contributed by atoms with Crippen molar-refractivity contribution in [2.24, 2.45) is 5.92 Å². The van der Waals surface area contributed by atoms with Crippen LogP contribution in [0.3, 0.4) is 0 Å². The van der Waals surface area contributed by atoms with E-state index in [9.17, 15) is 9.00 Å². The van der Waals surface area contributed by atoms with Crippen molar-refractivity contribution >= 4 is 16.9 Å². The molecule has 5 nitrogen and oxygen atoms in total. The largest absolute Gasteiger partial charge is 0.444 e. The molecule has 2 rings (SSSR count). The molecule has 0 saturated carbocycles. The van der Waals surface area contributed by atoms with E-state index in [4.69, 9.17) is 4.74 Å². The SMILES string of the molecule is CC(C)(C)OC(=O)N1CC[C@H](C[S@](=O)c2ccccn2)C1. The number of carbonyl (C=O) groups excluding carboxylic acids is 1. The lowest BCUT2D eigenvalue weighted by Crippen LogP contribution is -2.35. The van der Waals surface area contributed by atoms with E-state index in [1.54, 1.807) is 23.2 Å². The summed E-state index contributed by atoms with van der Waals surface area (Å²) in [5, 5.41) is 0.605. The van der Waals surface area contributed by atoms with E-state index in [-0.39, 0.29) is 12.0 Å². The second-order valence-corrected chi connectivity index (χ2v) is 7.70. The molecule has 6 heteroatoms. The average molecular weight is 310 g/mol. The summed E-state index contributed by atoms with van der Waals surface area (Å²) < 4.78 is 17.6. The quantitative estimate of drug-likeness (QED) is 0.860. The average Bonchev–Trinajstić information content (AvgIpc) is 2.86. The van der Waals surface area contributed by atoms with Crippen molar-refractivity contribution in [3.05, 3.63) is 24.4 Å². The van der Waals surface area contributed by atoms with Crippen molar-refractivity contribution in [2.45, 2.75) is 37.8 Å². The lowest BCUT2D eigenvalue weighted by Gasteiger charge is -2.24. The molecule has 1 aliphatic rings. The van der Waals surface area contributed by atoms with Gasteiger partial charge in [0.15, 0.2) is 0 Å². The smallest absolute Gasteiger partial charge is 0.410 e. The van der Waals surface area contributed by atoms with Gasteiger partial charge in [-0.1, -0.05) is 6.07 Å². The topological polar surface area (TPSA) is 59.5 Å². The normalized spacial score (nSPS) is 20.3. The van der Waals surface area contributed by atoms with Crippen molar-refractivity contribution in [1.29, 1.82) is 0 Å². The molecule has 0 spiro atoms. The number of pyridine rings is 1. The molecular formula is C15H22N2O3S. The minimum absolute atomic E-state index is 0.236. The van der Waals surface area contributed by atoms with Gasteiger partial charge in [-0.25, -0.2) is 9.78 Å². The van der Waals surface area contributed by atoms with Crippen molar-refractivity contribution in [2.75, 3.05) is 18.8 Å². The molecule has 21 heavy (non-hydrogen) atoms. The molecule has 1 aliphatic heterocycles. The van der Waals surface area contributed by atoms with E-state index in [0.29, 0.717) is 23.9 Å². The molecule has 1 saturated heterocycles. The van der Waals surface area contributed by atoms with E-state index >= 15 is 0 Å². The van der Waals surface area contributed by atoms with Gasteiger partial charge in [0, 0.05) is 25.0 Å². The number of rotatable bonds is 3. The maximum atomic E-state index is 12.2. The standard InChI is InChI=1S/C15H22N2O3S/c1-15(2,3)20-14(18)17-9-7-12(10-17)11-21(19)13-6-4-5-8-16-13/h4-6,8,12H,7,9-11H2,1-3H3/t12-,21-/m0/s1. The van der Waals surface area contributed by atoms with Crippen LogP contribution in [0.15, 0.2) is 29.4 Å². The zero-order valence-corrected chi connectivity index (χ0v) is 13.6. The van der Waals surface area contributed by atoms with E-state index < -0.39 is 16.4 Å². The summed E-state index contributed by atoms with van der Waals surface area (Å²) in [6.45, 7) is 6.84. The minimum atomic E-state index is -1.11. The summed E-state index contributed by atoms with van der Waals surface area (Å²) in [5.41, 5.74) is -0.480. The van der Waals surface area contributed by atoms with Gasteiger partial charge < -0.3 is 9.64 Å². The molecule has 1 fully saturated rings. The molecule has 0 radical (unpaired) electrons. The maximum absolute atomic E-state index is 12.2. The number of amides is 1. The Kier molecular flexibility index (Phi) is 4.98. The number of likely N-dealkylation sites (tertiary alicyclic amines) is 1. The number of nitrogens with zero attached hydrogens (tertiary/aromatic N) is 2. The molecule has 0 bridgehead atoms. The van der Waals surface area contributed by atoms with Crippen LogP contribution < -0.4 is 0 Å². The Balaban J connectivity index is 1.86. The first-order valence-electron chi connectivity index (χ1n) is 7.12. The number of ether oxygens (including phenoxy) is 1. The van der Waals surface area contributed by atoms with Gasteiger partial charge in [0.1, 0.15) is 10.6 Å². The third-order valence-corrected chi connectivity index (χ3v) is 4.68. The fourth-order valence-electron chi connectivity index (χ4n) is 2.24. The van der Waals surface area contributed by atoms with Crippen LogP contribution in [0.5, 0.6) is 0 Å². The Bertz CT molecular complexity index is 513. The highest BCUT2D eigenvalue weighted by Gasteiger charge is 2.30. The number of hydrogen-bond acceptors (Lipinski definition) is 4. The summed E-state index contributed by atoms with van der Waals surface area (Å²) >= 11 is 0. The molecule has 0 N–H and O–H groups in total.